The summed E-state index contributed by atoms with van der Waals surface area (Å²) in [5.74, 6) is 0.267. The van der Waals surface area contributed by atoms with E-state index in [0.29, 0.717) is 6.42 Å². The summed E-state index contributed by atoms with van der Waals surface area (Å²) < 4.78 is 0. The zero-order valence-corrected chi connectivity index (χ0v) is 12.4. The predicted octanol–water partition coefficient (Wildman–Crippen LogP) is 1.12. The van der Waals surface area contributed by atoms with E-state index in [4.69, 9.17) is 5.73 Å². The molecule has 1 atom stereocenters. The molecule has 0 bridgehead atoms. The second kappa shape index (κ2) is 9.95. The van der Waals surface area contributed by atoms with Crippen LogP contribution in [-0.4, -0.2) is 54.5 Å². The van der Waals surface area contributed by atoms with Crippen molar-refractivity contribution in [1.29, 1.82) is 0 Å². The van der Waals surface area contributed by atoms with Crippen molar-refractivity contribution >= 4 is 30.7 Å². The van der Waals surface area contributed by atoms with Crippen LogP contribution in [0.15, 0.2) is 0 Å². The van der Waals surface area contributed by atoms with Gasteiger partial charge >= 0.3 is 0 Å². The molecule has 0 radical (unpaired) electrons. The molecular weight excluding hydrogens is 261 g/mol. The quantitative estimate of drug-likeness (QED) is 0.842. The predicted molar refractivity (Wildman–Crippen MR) is 76.1 cm³/mol. The lowest BCUT2D eigenvalue weighted by molar-refractivity contribution is -0.133. The zero-order valence-electron chi connectivity index (χ0n) is 10.7. The SMILES string of the molecule is CCN1CCN(C(=O)CCC(C)N)CC1.Cl.Cl. The van der Waals surface area contributed by atoms with Gasteiger partial charge in [-0.1, -0.05) is 6.92 Å². The van der Waals surface area contributed by atoms with Crippen LogP contribution in [-0.2, 0) is 4.79 Å². The van der Waals surface area contributed by atoms with Crippen LogP contribution in [0.2, 0.25) is 0 Å². The van der Waals surface area contributed by atoms with Gasteiger partial charge in [-0.2, -0.15) is 0 Å². The maximum atomic E-state index is 11.7. The standard InChI is InChI=1S/C11H23N3O.2ClH/c1-3-13-6-8-14(9-7-13)11(15)5-4-10(2)12;;/h10H,3-9,12H2,1-2H3;2*1H. The minimum Gasteiger partial charge on any atom is -0.340 e. The average molecular weight is 286 g/mol. The maximum Gasteiger partial charge on any atom is 0.222 e. The molecule has 0 aromatic carbocycles. The highest BCUT2D eigenvalue weighted by atomic mass is 35.5. The molecule has 6 heteroatoms. The first kappa shape index (κ1) is 19.3. The summed E-state index contributed by atoms with van der Waals surface area (Å²) in [6.07, 6.45) is 1.40. The highest BCUT2D eigenvalue weighted by Gasteiger charge is 2.19. The van der Waals surface area contributed by atoms with Crippen LogP contribution in [0, 0.1) is 0 Å². The van der Waals surface area contributed by atoms with Crippen LogP contribution < -0.4 is 5.73 Å². The van der Waals surface area contributed by atoms with E-state index in [1.54, 1.807) is 0 Å². The van der Waals surface area contributed by atoms with Crippen molar-refractivity contribution in [2.75, 3.05) is 32.7 Å². The van der Waals surface area contributed by atoms with Gasteiger partial charge in [-0.25, -0.2) is 0 Å². The van der Waals surface area contributed by atoms with E-state index in [2.05, 4.69) is 11.8 Å². The van der Waals surface area contributed by atoms with E-state index in [1.807, 2.05) is 11.8 Å². The fraction of sp³-hybridized carbons (Fsp3) is 0.909. The fourth-order valence-electron chi connectivity index (χ4n) is 1.82. The smallest absolute Gasteiger partial charge is 0.222 e. The number of carbonyl (C=O) groups is 1. The number of likely N-dealkylation sites (N-methyl/N-ethyl adjacent to an activating group) is 1. The van der Waals surface area contributed by atoms with Crippen molar-refractivity contribution in [3.8, 4) is 0 Å². The number of rotatable bonds is 4. The largest absolute Gasteiger partial charge is 0.340 e. The lowest BCUT2D eigenvalue weighted by atomic mass is 10.1. The Morgan fingerprint density at radius 1 is 1.24 bits per heavy atom. The monoisotopic (exact) mass is 285 g/mol. The summed E-state index contributed by atoms with van der Waals surface area (Å²) >= 11 is 0. The zero-order chi connectivity index (χ0) is 11.3. The third-order valence-electron chi connectivity index (χ3n) is 2.99. The third kappa shape index (κ3) is 7.09. The molecule has 0 aromatic rings. The molecule has 1 aliphatic rings. The number of nitrogens with two attached hydrogens (primary N) is 1. The number of carbonyl (C=O) groups excluding carboxylic acids is 1. The number of halogens is 2. The number of nitrogens with zero attached hydrogens (tertiary/aromatic N) is 2. The molecule has 1 fully saturated rings. The molecule has 17 heavy (non-hydrogen) atoms. The van der Waals surface area contributed by atoms with Crippen molar-refractivity contribution in [1.82, 2.24) is 9.80 Å². The Hall–Kier alpha value is -0.0300. The number of hydrogen-bond acceptors (Lipinski definition) is 3. The topological polar surface area (TPSA) is 49.6 Å². The average Bonchev–Trinajstić information content (AvgIpc) is 2.26. The van der Waals surface area contributed by atoms with Gasteiger partial charge in [0.2, 0.25) is 5.91 Å². The Morgan fingerprint density at radius 2 is 1.76 bits per heavy atom. The van der Waals surface area contributed by atoms with Crippen LogP contribution in [0.4, 0.5) is 0 Å². The molecule has 0 saturated carbocycles. The van der Waals surface area contributed by atoms with Gasteiger partial charge in [0.1, 0.15) is 0 Å². The van der Waals surface area contributed by atoms with E-state index >= 15 is 0 Å². The molecule has 0 spiro atoms. The highest BCUT2D eigenvalue weighted by molar-refractivity contribution is 5.85. The second-order valence-electron chi connectivity index (χ2n) is 4.33. The molecule has 0 aliphatic carbocycles. The summed E-state index contributed by atoms with van der Waals surface area (Å²) in [5, 5.41) is 0. The summed E-state index contributed by atoms with van der Waals surface area (Å²) in [6, 6.07) is 0.130. The van der Waals surface area contributed by atoms with Crippen molar-refractivity contribution in [2.45, 2.75) is 32.7 Å². The lowest BCUT2D eigenvalue weighted by Crippen LogP contribution is -2.48. The van der Waals surface area contributed by atoms with E-state index in [1.165, 1.54) is 0 Å². The van der Waals surface area contributed by atoms with Crippen molar-refractivity contribution < 1.29 is 4.79 Å². The van der Waals surface area contributed by atoms with Crippen LogP contribution in [0.1, 0.15) is 26.7 Å². The molecule has 104 valence electrons. The normalized spacial score (nSPS) is 17.9. The Kier molecular flexibility index (Phi) is 11.3. The van der Waals surface area contributed by atoms with Crippen LogP contribution in [0.5, 0.6) is 0 Å². The van der Waals surface area contributed by atoms with Crippen molar-refractivity contribution in [3.05, 3.63) is 0 Å². The summed E-state index contributed by atoms with van der Waals surface area (Å²) in [6.45, 7) is 8.98. The Labute approximate surface area is 117 Å². The Bertz CT molecular complexity index is 207. The first-order valence-electron chi connectivity index (χ1n) is 5.89. The first-order chi connectivity index (χ1) is 7.13. The minimum atomic E-state index is 0. The Morgan fingerprint density at radius 3 is 2.18 bits per heavy atom. The molecule has 1 saturated heterocycles. The van der Waals surface area contributed by atoms with Gasteiger partial charge < -0.3 is 15.5 Å². The van der Waals surface area contributed by atoms with Gasteiger partial charge in [0.05, 0.1) is 0 Å². The van der Waals surface area contributed by atoms with Gasteiger partial charge in [-0.3, -0.25) is 4.79 Å². The number of hydrogen-bond donors (Lipinski definition) is 1. The third-order valence-corrected chi connectivity index (χ3v) is 2.99. The van der Waals surface area contributed by atoms with Gasteiger partial charge in [0.25, 0.3) is 0 Å². The van der Waals surface area contributed by atoms with Crippen molar-refractivity contribution in [2.24, 2.45) is 5.73 Å². The molecular formula is C11H25Cl2N3O. The van der Waals surface area contributed by atoms with E-state index in [9.17, 15) is 4.79 Å². The molecule has 1 amide bonds. The molecule has 4 nitrogen and oxygen atoms in total. The summed E-state index contributed by atoms with van der Waals surface area (Å²) in [4.78, 5) is 16.1. The van der Waals surface area contributed by atoms with Crippen LogP contribution in [0.3, 0.4) is 0 Å². The van der Waals surface area contributed by atoms with E-state index in [0.717, 1.165) is 39.1 Å². The summed E-state index contributed by atoms with van der Waals surface area (Å²) in [7, 11) is 0. The molecule has 1 unspecified atom stereocenters. The first-order valence-corrected chi connectivity index (χ1v) is 5.89. The molecule has 2 N–H and O–H groups in total. The lowest BCUT2D eigenvalue weighted by Gasteiger charge is -2.34. The molecule has 0 aromatic heterocycles. The molecule has 1 heterocycles. The van der Waals surface area contributed by atoms with Gasteiger partial charge in [-0.15, -0.1) is 24.8 Å². The summed E-state index contributed by atoms with van der Waals surface area (Å²) in [5.41, 5.74) is 5.63. The van der Waals surface area contributed by atoms with Crippen LogP contribution >= 0.6 is 24.8 Å². The maximum absolute atomic E-state index is 11.7. The van der Waals surface area contributed by atoms with Gasteiger partial charge in [0, 0.05) is 38.6 Å². The van der Waals surface area contributed by atoms with Crippen LogP contribution in [0.25, 0.3) is 0 Å². The molecule has 1 rings (SSSR count). The van der Waals surface area contributed by atoms with Gasteiger partial charge in [-0.05, 0) is 19.9 Å². The minimum absolute atomic E-state index is 0. The van der Waals surface area contributed by atoms with Crippen molar-refractivity contribution in [3.63, 3.8) is 0 Å². The Balaban J connectivity index is 0. The van der Waals surface area contributed by atoms with E-state index in [-0.39, 0.29) is 36.8 Å². The van der Waals surface area contributed by atoms with Gasteiger partial charge in [0.15, 0.2) is 0 Å². The number of piperazine rings is 1. The highest BCUT2D eigenvalue weighted by Crippen LogP contribution is 2.05. The number of amides is 1. The molecule has 1 aliphatic heterocycles. The second-order valence-corrected chi connectivity index (χ2v) is 4.33. The van der Waals surface area contributed by atoms with E-state index < -0.39 is 0 Å². The fourth-order valence-corrected chi connectivity index (χ4v) is 1.82.